The molecule has 0 amide bonds. The number of nitrogens with zero attached hydrogens (tertiary/aromatic N) is 1. The zero-order valence-corrected chi connectivity index (χ0v) is 9.43. The molecule has 0 heterocycles. The van der Waals surface area contributed by atoms with Gasteiger partial charge in [0, 0.05) is 12.1 Å². The molecule has 0 aromatic heterocycles. The Hall–Kier alpha value is 0.270. The molecule has 1 atom stereocenters. The van der Waals surface area contributed by atoms with Crippen LogP contribution < -0.4 is 0 Å². The molecule has 2 nitrogen and oxygen atoms in total. The Morgan fingerprint density at radius 3 is 2.33 bits per heavy atom. The van der Waals surface area contributed by atoms with E-state index in [0.29, 0.717) is 5.92 Å². The van der Waals surface area contributed by atoms with E-state index in [1.54, 1.807) is 0 Å². The van der Waals surface area contributed by atoms with Crippen LogP contribution in [0.25, 0.3) is 0 Å². The smallest absolute Gasteiger partial charge is 0.0609 e. The van der Waals surface area contributed by atoms with E-state index < -0.39 is 0 Å². The fourth-order valence-electron chi connectivity index (χ4n) is 0.893. The molecule has 0 spiro atoms. The van der Waals surface area contributed by atoms with Gasteiger partial charge in [0.25, 0.3) is 0 Å². The number of hydrogen-bond acceptors (Lipinski definition) is 3. The van der Waals surface area contributed by atoms with Gasteiger partial charge in [-0.05, 0) is 32.6 Å². The van der Waals surface area contributed by atoms with E-state index in [2.05, 4.69) is 24.5 Å². The molecule has 0 fully saturated rings. The lowest BCUT2D eigenvalue weighted by Gasteiger charge is -2.35. The fourth-order valence-corrected chi connectivity index (χ4v) is 1.01. The van der Waals surface area contributed by atoms with Gasteiger partial charge in [-0.1, -0.05) is 6.92 Å². The van der Waals surface area contributed by atoms with Crippen molar-refractivity contribution in [3.8, 4) is 0 Å². The molecule has 0 rings (SSSR count). The lowest BCUT2D eigenvalue weighted by molar-refractivity contribution is 0.0707. The highest BCUT2D eigenvalue weighted by Crippen LogP contribution is 2.13. The molecule has 1 N–H and O–H groups in total. The first kappa shape index (κ1) is 12.3. The highest BCUT2D eigenvalue weighted by atomic mass is 32.1. The number of aliphatic hydroxyl groups is 1. The molecule has 0 aliphatic heterocycles. The lowest BCUT2D eigenvalue weighted by atomic mass is 10.0. The third kappa shape index (κ3) is 3.78. The fraction of sp³-hybridized carbons (Fsp3) is 1.00. The van der Waals surface area contributed by atoms with Crippen LogP contribution in [-0.4, -0.2) is 41.5 Å². The maximum absolute atomic E-state index is 9.09. The van der Waals surface area contributed by atoms with Crippen LogP contribution in [0.4, 0.5) is 0 Å². The van der Waals surface area contributed by atoms with Gasteiger partial charge in [-0.25, -0.2) is 0 Å². The van der Waals surface area contributed by atoms with Gasteiger partial charge in [0.2, 0.25) is 0 Å². The molecular formula is C9H21NOS. The average Bonchev–Trinajstić information content (AvgIpc) is 2.04. The maximum Gasteiger partial charge on any atom is 0.0609 e. The van der Waals surface area contributed by atoms with Crippen molar-refractivity contribution in [2.45, 2.75) is 26.3 Å². The maximum atomic E-state index is 9.09. The number of thiol groups is 1. The Bertz CT molecular complexity index is 128. The minimum Gasteiger partial charge on any atom is -0.394 e. The second-order valence-electron chi connectivity index (χ2n) is 4.14. The summed E-state index contributed by atoms with van der Waals surface area (Å²) in [6.45, 7) is 7.42. The van der Waals surface area contributed by atoms with Crippen molar-refractivity contribution in [3.63, 3.8) is 0 Å². The molecule has 0 aliphatic carbocycles. The second-order valence-corrected chi connectivity index (χ2v) is 4.50. The van der Waals surface area contributed by atoms with Crippen LogP contribution in [0, 0.1) is 5.92 Å². The van der Waals surface area contributed by atoms with E-state index in [1.165, 1.54) is 0 Å². The Kier molecular flexibility index (Phi) is 5.21. The molecule has 1 unspecified atom stereocenters. The molecule has 3 heteroatoms. The minimum absolute atomic E-state index is 0.114. The topological polar surface area (TPSA) is 23.5 Å². The van der Waals surface area contributed by atoms with Crippen molar-refractivity contribution < 1.29 is 5.11 Å². The quantitative estimate of drug-likeness (QED) is 0.639. The summed E-state index contributed by atoms with van der Waals surface area (Å²) in [5, 5.41) is 9.09. The normalized spacial score (nSPS) is 15.2. The summed E-state index contributed by atoms with van der Waals surface area (Å²) >= 11 is 4.23. The molecule has 0 saturated heterocycles. The van der Waals surface area contributed by atoms with Crippen LogP contribution >= 0.6 is 12.6 Å². The molecule has 74 valence electrons. The predicted octanol–water partition coefficient (Wildman–Crippen LogP) is 1.25. The van der Waals surface area contributed by atoms with Gasteiger partial charge in [-0.2, -0.15) is 12.6 Å². The Labute approximate surface area is 81.4 Å². The van der Waals surface area contributed by atoms with Crippen molar-refractivity contribution >= 4 is 12.6 Å². The SMILES string of the molecule is CC(CS)CN(C)C(C)(C)CO. The number of rotatable bonds is 5. The second kappa shape index (κ2) is 5.10. The van der Waals surface area contributed by atoms with E-state index >= 15 is 0 Å². The van der Waals surface area contributed by atoms with Gasteiger partial charge in [-0.15, -0.1) is 0 Å². The number of aliphatic hydroxyl groups excluding tert-OH is 1. The van der Waals surface area contributed by atoms with Crippen molar-refractivity contribution in [1.29, 1.82) is 0 Å². The van der Waals surface area contributed by atoms with Crippen LogP contribution in [0.2, 0.25) is 0 Å². The van der Waals surface area contributed by atoms with Crippen molar-refractivity contribution in [2.75, 3.05) is 26.0 Å². The van der Waals surface area contributed by atoms with Gasteiger partial charge in [0.15, 0.2) is 0 Å². The zero-order valence-electron chi connectivity index (χ0n) is 8.54. The summed E-state index contributed by atoms with van der Waals surface area (Å²) in [6, 6.07) is 0. The van der Waals surface area contributed by atoms with Crippen LogP contribution in [0.1, 0.15) is 20.8 Å². The predicted molar refractivity (Wildman–Crippen MR) is 56.8 cm³/mol. The van der Waals surface area contributed by atoms with Gasteiger partial charge in [-0.3, -0.25) is 4.90 Å². The first-order valence-corrected chi connectivity index (χ1v) is 5.00. The highest BCUT2D eigenvalue weighted by Gasteiger charge is 2.22. The third-order valence-electron chi connectivity index (χ3n) is 2.32. The summed E-state index contributed by atoms with van der Waals surface area (Å²) in [7, 11) is 2.04. The first-order valence-electron chi connectivity index (χ1n) is 4.37. The first-order chi connectivity index (χ1) is 5.44. The van der Waals surface area contributed by atoms with Crippen LogP contribution in [0.15, 0.2) is 0 Å². The van der Waals surface area contributed by atoms with Crippen LogP contribution in [-0.2, 0) is 0 Å². The van der Waals surface area contributed by atoms with Gasteiger partial charge >= 0.3 is 0 Å². The van der Waals surface area contributed by atoms with Gasteiger partial charge < -0.3 is 5.11 Å². The molecule has 0 bridgehead atoms. The van der Waals surface area contributed by atoms with Gasteiger partial charge in [0.05, 0.1) is 6.61 Å². The third-order valence-corrected chi connectivity index (χ3v) is 2.94. The summed E-state index contributed by atoms with van der Waals surface area (Å²) in [6.07, 6.45) is 0. The largest absolute Gasteiger partial charge is 0.394 e. The van der Waals surface area contributed by atoms with Crippen molar-refractivity contribution in [2.24, 2.45) is 5.92 Å². The summed E-state index contributed by atoms with van der Waals surface area (Å²) in [5.74, 6) is 1.47. The lowest BCUT2D eigenvalue weighted by Crippen LogP contribution is -2.46. The van der Waals surface area contributed by atoms with Crippen LogP contribution in [0.5, 0.6) is 0 Å². The molecule has 0 aliphatic rings. The molecular weight excluding hydrogens is 170 g/mol. The Morgan fingerprint density at radius 2 is 2.00 bits per heavy atom. The molecule has 12 heavy (non-hydrogen) atoms. The van der Waals surface area contributed by atoms with E-state index in [-0.39, 0.29) is 12.1 Å². The number of likely N-dealkylation sites (N-methyl/N-ethyl adjacent to an activating group) is 1. The van der Waals surface area contributed by atoms with E-state index in [1.807, 2.05) is 20.9 Å². The van der Waals surface area contributed by atoms with E-state index in [0.717, 1.165) is 12.3 Å². The van der Waals surface area contributed by atoms with E-state index in [4.69, 9.17) is 5.11 Å². The average molecular weight is 191 g/mol. The van der Waals surface area contributed by atoms with Crippen molar-refractivity contribution in [3.05, 3.63) is 0 Å². The summed E-state index contributed by atoms with van der Waals surface area (Å²) in [4.78, 5) is 2.17. The van der Waals surface area contributed by atoms with Gasteiger partial charge in [0.1, 0.15) is 0 Å². The number of hydrogen-bond donors (Lipinski definition) is 2. The summed E-state index contributed by atoms with van der Waals surface area (Å²) in [5.41, 5.74) is -0.114. The Balaban J connectivity index is 3.93. The molecule has 0 aromatic carbocycles. The molecule has 0 saturated carbocycles. The monoisotopic (exact) mass is 191 g/mol. The van der Waals surface area contributed by atoms with Crippen molar-refractivity contribution in [1.82, 2.24) is 4.90 Å². The summed E-state index contributed by atoms with van der Waals surface area (Å²) < 4.78 is 0. The Morgan fingerprint density at radius 1 is 1.50 bits per heavy atom. The molecule has 0 radical (unpaired) electrons. The molecule has 0 aromatic rings. The van der Waals surface area contributed by atoms with E-state index in [9.17, 15) is 0 Å². The van der Waals surface area contributed by atoms with Crippen LogP contribution in [0.3, 0.4) is 0 Å². The highest BCUT2D eigenvalue weighted by molar-refractivity contribution is 7.80. The standard InChI is InChI=1S/C9H21NOS/c1-8(6-12)5-10(4)9(2,3)7-11/h8,11-12H,5-7H2,1-4H3. The zero-order chi connectivity index (χ0) is 9.78. The minimum atomic E-state index is -0.114.